The molecule has 1 aromatic heterocycles. The Hall–Kier alpha value is -2.92. The van der Waals surface area contributed by atoms with Crippen molar-refractivity contribution in [3.63, 3.8) is 0 Å². The van der Waals surface area contributed by atoms with Crippen LogP contribution in [0.5, 0.6) is 5.75 Å². The smallest absolute Gasteiger partial charge is 0.378 e. The van der Waals surface area contributed by atoms with Gasteiger partial charge in [0.15, 0.2) is 4.98 Å². The molecule has 2 aromatic carbocycles. The van der Waals surface area contributed by atoms with Gasteiger partial charge in [-0.2, -0.15) is 0 Å². The highest BCUT2D eigenvalue weighted by atomic mass is 32.2. The molecule has 0 fully saturated rings. The Morgan fingerprint density at radius 1 is 1.19 bits per heavy atom. The van der Waals surface area contributed by atoms with Crippen LogP contribution in [0.25, 0.3) is 15.7 Å². The first-order valence-electron chi connectivity index (χ1n) is 5.87. The van der Waals surface area contributed by atoms with E-state index in [0.29, 0.717) is 0 Å². The van der Waals surface area contributed by atoms with E-state index >= 15 is 0 Å². The van der Waals surface area contributed by atoms with Crippen LogP contribution in [0.1, 0.15) is 0 Å². The zero-order valence-electron chi connectivity index (χ0n) is 10.5. The molecule has 0 radical (unpaired) electrons. The lowest BCUT2D eigenvalue weighted by Gasteiger charge is -2.11. The van der Waals surface area contributed by atoms with E-state index in [1.165, 1.54) is 49.1 Å². The highest BCUT2D eigenvalue weighted by Crippen LogP contribution is 2.35. The Bertz CT molecular complexity index is 973. The van der Waals surface area contributed by atoms with E-state index < -0.39 is 15.8 Å². The van der Waals surface area contributed by atoms with Crippen molar-refractivity contribution in [3.05, 3.63) is 54.0 Å². The van der Waals surface area contributed by atoms with Crippen molar-refractivity contribution in [2.24, 2.45) is 0 Å². The van der Waals surface area contributed by atoms with Crippen LogP contribution in [-0.4, -0.2) is 17.4 Å². The number of rotatable bonds is 2. The maximum absolute atomic E-state index is 12.5. The summed E-state index contributed by atoms with van der Waals surface area (Å²) in [5, 5.41) is 21.2. The standard InChI is InChI=1S/C13H8N4O3S/c14-16-11-5-4-9-10(13(11)18)2-1-3-12(9)21(19,20)17-7-6-15-8-17/h1-8H. The molecule has 0 saturated heterocycles. The minimum absolute atomic E-state index is 0.0143. The summed E-state index contributed by atoms with van der Waals surface area (Å²) in [5.74, 6) is -0.530. The third kappa shape index (κ3) is 1.91. The van der Waals surface area contributed by atoms with Gasteiger partial charge in [0.05, 0.1) is 4.90 Å². The van der Waals surface area contributed by atoms with Crippen LogP contribution in [0.3, 0.4) is 0 Å². The monoisotopic (exact) mass is 300 g/mol. The molecule has 3 rings (SSSR count). The largest absolute Gasteiger partial charge is 0.867 e. The molecule has 7 nitrogen and oxygen atoms in total. The summed E-state index contributed by atoms with van der Waals surface area (Å²) >= 11 is 0. The van der Waals surface area contributed by atoms with E-state index in [0.717, 1.165) is 3.97 Å². The highest BCUT2D eigenvalue weighted by molar-refractivity contribution is 7.90. The van der Waals surface area contributed by atoms with Gasteiger partial charge < -0.3 is 5.11 Å². The van der Waals surface area contributed by atoms with Gasteiger partial charge in [-0.3, -0.25) is 0 Å². The first kappa shape index (κ1) is 13.1. The van der Waals surface area contributed by atoms with Crippen LogP contribution in [0.2, 0.25) is 0 Å². The third-order valence-electron chi connectivity index (χ3n) is 3.09. The summed E-state index contributed by atoms with van der Waals surface area (Å²) in [6.45, 7) is 0. The maximum Gasteiger partial charge on any atom is 0.378 e. The van der Waals surface area contributed by atoms with Crippen LogP contribution >= 0.6 is 0 Å². The Morgan fingerprint density at radius 3 is 2.67 bits per heavy atom. The minimum Gasteiger partial charge on any atom is -0.867 e. The molecule has 3 aromatic rings. The number of aromatic nitrogens is 2. The van der Waals surface area contributed by atoms with Gasteiger partial charge in [0.1, 0.15) is 6.33 Å². The molecule has 104 valence electrons. The first-order valence-corrected chi connectivity index (χ1v) is 7.31. The van der Waals surface area contributed by atoms with Crippen molar-refractivity contribution >= 4 is 26.5 Å². The van der Waals surface area contributed by atoms with Crippen LogP contribution < -0.4 is 5.11 Å². The fourth-order valence-corrected chi connectivity index (χ4v) is 3.42. The second-order valence-corrected chi connectivity index (χ2v) is 6.07. The number of diazo groups is 1. The number of benzene rings is 2. The molecule has 1 heterocycles. The normalized spacial score (nSPS) is 11.4. The molecule has 0 unspecified atom stereocenters. The molecule has 0 saturated carbocycles. The Balaban J connectivity index is 2.36. The Kier molecular flexibility index (Phi) is 2.85. The number of hydrogen-bond acceptors (Lipinski definition) is 5. The summed E-state index contributed by atoms with van der Waals surface area (Å²) < 4.78 is 26.0. The number of hydrogen-bond donors (Lipinski definition) is 0. The molecule has 0 N–H and O–H groups in total. The first-order chi connectivity index (χ1) is 10.1. The van der Waals surface area contributed by atoms with Crippen molar-refractivity contribution < 1.29 is 13.5 Å². The van der Waals surface area contributed by atoms with Crippen molar-refractivity contribution in [2.45, 2.75) is 4.90 Å². The molecule has 0 bridgehead atoms. The van der Waals surface area contributed by atoms with Gasteiger partial charge in [-0.1, -0.05) is 12.1 Å². The van der Waals surface area contributed by atoms with Crippen LogP contribution in [0, 0.1) is 5.39 Å². The SMILES string of the molecule is N#[N+]c1ccc2c(S(=O)(=O)n3ccnc3)cccc2c1[O-]. The van der Waals surface area contributed by atoms with E-state index in [9.17, 15) is 13.5 Å². The topological polar surface area (TPSA) is 103 Å². The minimum atomic E-state index is -3.84. The van der Waals surface area contributed by atoms with E-state index in [1.807, 2.05) is 0 Å². The zero-order valence-corrected chi connectivity index (χ0v) is 11.4. The van der Waals surface area contributed by atoms with E-state index in [4.69, 9.17) is 5.39 Å². The molecule has 0 spiro atoms. The second-order valence-electron chi connectivity index (χ2n) is 4.26. The lowest BCUT2D eigenvalue weighted by atomic mass is 10.1. The summed E-state index contributed by atoms with van der Waals surface area (Å²) in [4.78, 5) is 6.58. The van der Waals surface area contributed by atoms with Crippen molar-refractivity contribution in [1.29, 1.82) is 5.39 Å². The van der Waals surface area contributed by atoms with E-state index in [-0.39, 0.29) is 21.4 Å². The number of nitrogens with zero attached hydrogens (tertiary/aromatic N) is 4. The quantitative estimate of drug-likeness (QED) is 0.672. The molecule has 8 heteroatoms. The number of imidazole rings is 1. The van der Waals surface area contributed by atoms with Crippen molar-refractivity contribution in [1.82, 2.24) is 8.96 Å². The van der Waals surface area contributed by atoms with Crippen molar-refractivity contribution in [2.75, 3.05) is 0 Å². The van der Waals surface area contributed by atoms with Gasteiger partial charge in [0.2, 0.25) is 5.39 Å². The Labute approximate surface area is 119 Å². The van der Waals surface area contributed by atoms with Crippen LogP contribution in [0.15, 0.2) is 53.9 Å². The second kappa shape index (κ2) is 4.57. The van der Waals surface area contributed by atoms with Gasteiger partial charge in [-0.15, -0.1) is 0 Å². The predicted molar refractivity (Wildman–Crippen MR) is 72.9 cm³/mol. The van der Waals surface area contributed by atoms with Crippen LogP contribution in [-0.2, 0) is 10.0 Å². The third-order valence-corrected chi connectivity index (χ3v) is 4.78. The highest BCUT2D eigenvalue weighted by Gasteiger charge is 2.20. The molecule has 0 aliphatic carbocycles. The molecule has 21 heavy (non-hydrogen) atoms. The van der Waals surface area contributed by atoms with Gasteiger partial charge in [-0.05, 0) is 23.3 Å². The summed E-state index contributed by atoms with van der Waals surface area (Å²) in [6, 6.07) is 7.08. The van der Waals surface area contributed by atoms with E-state index in [2.05, 4.69) is 9.96 Å². The average Bonchev–Trinajstić information content (AvgIpc) is 3.02. The average molecular weight is 300 g/mol. The molecule has 0 aliphatic heterocycles. The van der Waals surface area contributed by atoms with Crippen molar-refractivity contribution in [3.8, 4) is 5.75 Å². The fraction of sp³-hybridized carbons (Fsp3) is 0. The van der Waals surface area contributed by atoms with Gasteiger partial charge in [0.25, 0.3) is 10.0 Å². The predicted octanol–water partition coefficient (Wildman–Crippen LogP) is 1.83. The lowest BCUT2D eigenvalue weighted by molar-refractivity contribution is -0.264. The van der Waals surface area contributed by atoms with Gasteiger partial charge in [0, 0.05) is 23.8 Å². The Morgan fingerprint density at radius 2 is 2.00 bits per heavy atom. The summed E-state index contributed by atoms with van der Waals surface area (Å²) in [7, 11) is -3.84. The number of fused-ring (bicyclic) bond motifs is 1. The fourth-order valence-electron chi connectivity index (χ4n) is 2.10. The lowest BCUT2D eigenvalue weighted by Crippen LogP contribution is -2.11. The summed E-state index contributed by atoms with van der Waals surface area (Å²) in [5.41, 5.74) is -0.139. The van der Waals surface area contributed by atoms with Gasteiger partial charge >= 0.3 is 5.69 Å². The molecule has 0 amide bonds. The molecular weight excluding hydrogens is 292 g/mol. The zero-order chi connectivity index (χ0) is 15.0. The van der Waals surface area contributed by atoms with E-state index in [1.54, 1.807) is 0 Å². The maximum atomic E-state index is 12.5. The van der Waals surface area contributed by atoms with Crippen LogP contribution in [0.4, 0.5) is 5.69 Å². The summed E-state index contributed by atoms with van der Waals surface area (Å²) in [6.07, 6.45) is 3.83. The molecule has 0 aliphatic rings. The van der Waals surface area contributed by atoms with Gasteiger partial charge in [-0.25, -0.2) is 17.4 Å². The molecule has 0 atom stereocenters. The molecular formula is C13H8N4O3S.